The maximum atomic E-state index is 12.4. The van der Waals surface area contributed by atoms with E-state index in [0.717, 1.165) is 42.7 Å². The van der Waals surface area contributed by atoms with E-state index >= 15 is 0 Å². The number of benzene rings is 1. The molecule has 1 aromatic carbocycles. The number of para-hydroxylation sites is 1. The molecular weight excluding hydrogens is 274 g/mol. The molecule has 0 radical (unpaired) electrons. The zero-order chi connectivity index (χ0) is 15.7. The van der Waals surface area contributed by atoms with Gasteiger partial charge >= 0.3 is 0 Å². The monoisotopic (exact) mass is 299 g/mol. The molecule has 0 spiro atoms. The molecule has 118 valence electrons. The molecule has 2 aromatic rings. The molecule has 1 aromatic heterocycles. The van der Waals surface area contributed by atoms with Gasteiger partial charge in [-0.25, -0.2) is 0 Å². The first kappa shape index (κ1) is 15.1. The number of hydrogen-bond donors (Lipinski definition) is 2. The van der Waals surface area contributed by atoms with Crippen molar-refractivity contribution in [3.8, 4) is 0 Å². The number of likely N-dealkylation sites (N-methyl/N-ethyl adjacent to an activating group) is 1. The molecule has 1 fully saturated rings. The van der Waals surface area contributed by atoms with Crippen LogP contribution in [0.2, 0.25) is 0 Å². The van der Waals surface area contributed by atoms with Gasteiger partial charge in [-0.1, -0.05) is 18.2 Å². The number of piperidine rings is 1. The number of aromatic nitrogens is 1. The lowest BCUT2D eigenvalue weighted by atomic mass is 10.0. The number of H-pyrrole nitrogens is 1. The highest BCUT2D eigenvalue weighted by molar-refractivity contribution is 5.91. The van der Waals surface area contributed by atoms with E-state index in [1.807, 2.05) is 0 Å². The van der Waals surface area contributed by atoms with Crippen LogP contribution in [0.4, 0.5) is 0 Å². The Bertz CT molecular complexity index is 689. The first-order chi connectivity index (χ1) is 10.5. The topological polar surface area (TPSA) is 48.1 Å². The molecule has 4 nitrogen and oxygen atoms in total. The summed E-state index contributed by atoms with van der Waals surface area (Å²) in [6, 6.07) is 6.55. The lowest BCUT2D eigenvalue weighted by Crippen LogP contribution is -2.46. The summed E-state index contributed by atoms with van der Waals surface area (Å²) in [6.45, 7) is 6.24. The van der Waals surface area contributed by atoms with Crippen LogP contribution >= 0.6 is 0 Å². The Labute approximate surface area is 131 Å². The molecule has 3 rings (SSSR count). The second-order valence-corrected chi connectivity index (χ2v) is 6.57. The van der Waals surface area contributed by atoms with E-state index in [1.165, 1.54) is 10.9 Å². The number of aryl methyl sites for hydroxylation is 2. The molecule has 0 bridgehead atoms. The number of fused-ring (bicyclic) bond motifs is 1. The van der Waals surface area contributed by atoms with Gasteiger partial charge in [-0.3, -0.25) is 4.79 Å². The Morgan fingerprint density at radius 2 is 2.23 bits per heavy atom. The summed E-state index contributed by atoms with van der Waals surface area (Å²) in [7, 11) is 2.12. The van der Waals surface area contributed by atoms with Gasteiger partial charge in [0, 0.05) is 29.2 Å². The number of likely N-dealkylation sites (tertiary alicyclic amines) is 1. The number of carbonyl (C=O) groups is 1. The van der Waals surface area contributed by atoms with E-state index in [2.05, 4.69) is 54.3 Å². The van der Waals surface area contributed by atoms with Crippen LogP contribution in [0.25, 0.3) is 10.9 Å². The molecule has 1 aliphatic rings. The summed E-state index contributed by atoms with van der Waals surface area (Å²) >= 11 is 0. The van der Waals surface area contributed by atoms with Crippen molar-refractivity contribution in [2.45, 2.75) is 39.2 Å². The van der Waals surface area contributed by atoms with Crippen LogP contribution in [0.15, 0.2) is 18.2 Å². The van der Waals surface area contributed by atoms with Crippen molar-refractivity contribution in [3.05, 3.63) is 35.0 Å². The van der Waals surface area contributed by atoms with Gasteiger partial charge in [0.05, 0.1) is 6.42 Å². The zero-order valence-electron chi connectivity index (χ0n) is 13.7. The van der Waals surface area contributed by atoms with Crippen LogP contribution in [-0.4, -0.2) is 42.0 Å². The molecule has 0 aliphatic carbocycles. The highest BCUT2D eigenvalue weighted by Gasteiger charge is 2.20. The SMILES string of the molecule is Cc1[nH]c2c(C)cccc2c1CC(=O)N[C@H]1CCCN(C)C1. The molecule has 0 saturated carbocycles. The van der Waals surface area contributed by atoms with Crippen LogP contribution in [0, 0.1) is 13.8 Å². The third-order valence-electron chi connectivity index (χ3n) is 4.69. The standard InChI is InChI=1S/C18H25N3O/c1-12-6-4-8-15-16(13(2)19-18(12)15)10-17(22)20-14-7-5-9-21(3)11-14/h4,6,8,14,19H,5,7,9-11H2,1-3H3,(H,20,22)/t14-/m0/s1. The third kappa shape index (κ3) is 3.02. The molecular formula is C18H25N3O. The third-order valence-corrected chi connectivity index (χ3v) is 4.69. The first-order valence-electron chi connectivity index (χ1n) is 8.09. The second kappa shape index (κ2) is 6.13. The minimum absolute atomic E-state index is 0.130. The summed E-state index contributed by atoms with van der Waals surface area (Å²) in [5.41, 5.74) is 4.60. The number of hydrogen-bond acceptors (Lipinski definition) is 2. The average molecular weight is 299 g/mol. The molecule has 1 aliphatic heterocycles. The maximum absolute atomic E-state index is 12.4. The van der Waals surface area contributed by atoms with Crippen molar-refractivity contribution in [2.24, 2.45) is 0 Å². The Hall–Kier alpha value is -1.81. The molecule has 1 atom stereocenters. The fraction of sp³-hybridized carbons (Fsp3) is 0.500. The lowest BCUT2D eigenvalue weighted by molar-refractivity contribution is -0.121. The highest BCUT2D eigenvalue weighted by Crippen LogP contribution is 2.25. The summed E-state index contributed by atoms with van der Waals surface area (Å²) in [5.74, 6) is 0.130. The predicted octanol–water partition coefficient (Wildman–Crippen LogP) is 2.54. The van der Waals surface area contributed by atoms with Crippen LogP contribution in [-0.2, 0) is 11.2 Å². The lowest BCUT2D eigenvalue weighted by Gasteiger charge is -2.30. The molecule has 1 saturated heterocycles. The Morgan fingerprint density at radius 1 is 1.41 bits per heavy atom. The molecule has 0 unspecified atom stereocenters. The van der Waals surface area contributed by atoms with Crippen molar-refractivity contribution >= 4 is 16.8 Å². The quantitative estimate of drug-likeness (QED) is 0.915. The molecule has 2 heterocycles. The Kier molecular flexibility index (Phi) is 4.21. The van der Waals surface area contributed by atoms with E-state index in [9.17, 15) is 4.79 Å². The van der Waals surface area contributed by atoms with Crippen molar-refractivity contribution in [3.63, 3.8) is 0 Å². The van der Waals surface area contributed by atoms with E-state index in [0.29, 0.717) is 12.5 Å². The predicted molar refractivity (Wildman–Crippen MR) is 90.1 cm³/mol. The van der Waals surface area contributed by atoms with Crippen LogP contribution in [0.5, 0.6) is 0 Å². The van der Waals surface area contributed by atoms with Crippen molar-refractivity contribution in [1.29, 1.82) is 0 Å². The number of nitrogens with zero attached hydrogens (tertiary/aromatic N) is 1. The molecule has 22 heavy (non-hydrogen) atoms. The first-order valence-corrected chi connectivity index (χ1v) is 8.09. The van der Waals surface area contributed by atoms with Gasteiger partial charge in [-0.2, -0.15) is 0 Å². The van der Waals surface area contributed by atoms with Gasteiger partial charge in [0.25, 0.3) is 0 Å². The molecule has 2 N–H and O–H groups in total. The van der Waals surface area contributed by atoms with Crippen molar-refractivity contribution in [1.82, 2.24) is 15.2 Å². The van der Waals surface area contributed by atoms with E-state index in [-0.39, 0.29) is 5.91 Å². The summed E-state index contributed by atoms with van der Waals surface area (Å²) < 4.78 is 0. The van der Waals surface area contributed by atoms with E-state index in [4.69, 9.17) is 0 Å². The molecule has 4 heteroatoms. The second-order valence-electron chi connectivity index (χ2n) is 6.57. The molecule has 1 amide bonds. The van der Waals surface area contributed by atoms with Crippen molar-refractivity contribution < 1.29 is 4.79 Å². The number of carbonyl (C=O) groups excluding carboxylic acids is 1. The highest BCUT2D eigenvalue weighted by atomic mass is 16.1. The Balaban J connectivity index is 1.74. The van der Waals surface area contributed by atoms with Gasteiger partial charge in [0.15, 0.2) is 0 Å². The van der Waals surface area contributed by atoms with Crippen molar-refractivity contribution in [2.75, 3.05) is 20.1 Å². The number of amides is 1. The average Bonchev–Trinajstić information content (AvgIpc) is 2.77. The zero-order valence-corrected chi connectivity index (χ0v) is 13.7. The summed E-state index contributed by atoms with van der Waals surface area (Å²) in [5, 5.41) is 4.37. The van der Waals surface area contributed by atoms with Gasteiger partial charge < -0.3 is 15.2 Å². The summed E-state index contributed by atoms with van der Waals surface area (Å²) in [6.07, 6.45) is 2.70. The Morgan fingerprint density at radius 3 is 3.00 bits per heavy atom. The van der Waals surface area contributed by atoms with Crippen LogP contribution in [0.1, 0.15) is 29.7 Å². The normalized spacial score (nSPS) is 19.5. The number of nitrogens with one attached hydrogen (secondary N) is 2. The maximum Gasteiger partial charge on any atom is 0.224 e. The fourth-order valence-corrected chi connectivity index (χ4v) is 3.50. The largest absolute Gasteiger partial charge is 0.358 e. The van der Waals surface area contributed by atoms with Gasteiger partial charge in [-0.05, 0) is 51.4 Å². The number of aromatic amines is 1. The summed E-state index contributed by atoms with van der Waals surface area (Å²) in [4.78, 5) is 18.1. The van der Waals surface area contributed by atoms with Gasteiger partial charge in [-0.15, -0.1) is 0 Å². The minimum atomic E-state index is 0.130. The fourth-order valence-electron chi connectivity index (χ4n) is 3.50. The smallest absolute Gasteiger partial charge is 0.224 e. The van der Waals surface area contributed by atoms with E-state index < -0.39 is 0 Å². The minimum Gasteiger partial charge on any atom is -0.358 e. The number of rotatable bonds is 3. The van der Waals surface area contributed by atoms with Crippen LogP contribution < -0.4 is 5.32 Å². The van der Waals surface area contributed by atoms with Gasteiger partial charge in [0.2, 0.25) is 5.91 Å². The van der Waals surface area contributed by atoms with E-state index in [1.54, 1.807) is 0 Å². The van der Waals surface area contributed by atoms with Crippen LogP contribution in [0.3, 0.4) is 0 Å². The van der Waals surface area contributed by atoms with Gasteiger partial charge in [0.1, 0.15) is 0 Å².